The van der Waals surface area contributed by atoms with Crippen LogP contribution in [-0.2, 0) is 9.84 Å². The van der Waals surface area contributed by atoms with Crippen molar-refractivity contribution in [3.8, 4) is 9.75 Å². The molecule has 36 heavy (non-hydrogen) atoms. The van der Waals surface area contributed by atoms with Crippen LogP contribution in [-0.4, -0.2) is 24.6 Å². The predicted octanol–water partition coefficient (Wildman–Crippen LogP) is 8.78. The highest BCUT2D eigenvalue weighted by molar-refractivity contribution is 8.09. The average molecular weight is 591 g/mol. The van der Waals surface area contributed by atoms with Gasteiger partial charge in [-0.2, -0.15) is 0 Å². The van der Waals surface area contributed by atoms with Crippen molar-refractivity contribution in [2.24, 2.45) is 0 Å². The second kappa shape index (κ2) is 9.02. The van der Waals surface area contributed by atoms with E-state index in [0.29, 0.717) is 9.81 Å². The lowest BCUT2D eigenvalue weighted by Gasteiger charge is -2.35. The molecule has 1 aliphatic heterocycles. The average Bonchev–Trinajstić information content (AvgIpc) is 3.51. The van der Waals surface area contributed by atoms with Gasteiger partial charge in [0.15, 0.2) is 0 Å². The molecule has 0 saturated carbocycles. The van der Waals surface area contributed by atoms with Gasteiger partial charge in [0.25, 0.3) is 0 Å². The highest BCUT2D eigenvalue weighted by Crippen LogP contribution is 2.45. The van der Waals surface area contributed by atoms with Crippen molar-refractivity contribution < 1.29 is 8.42 Å². The summed E-state index contributed by atoms with van der Waals surface area (Å²) in [5, 5.41) is 0.494. The Labute approximate surface area is 231 Å². The van der Waals surface area contributed by atoms with Crippen molar-refractivity contribution in [2.45, 2.75) is 77.8 Å². The molecule has 8 heteroatoms. The maximum Gasteiger partial charge on any atom is 0.209 e. The zero-order valence-electron chi connectivity index (χ0n) is 23.1. The Bertz CT molecular complexity index is 1460. The van der Waals surface area contributed by atoms with E-state index in [1.165, 1.54) is 13.9 Å². The van der Waals surface area contributed by atoms with E-state index in [1.807, 2.05) is 23.5 Å². The number of hydrogen-bond acceptors (Lipinski definition) is 5. The molecule has 4 heterocycles. The van der Waals surface area contributed by atoms with Crippen molar-refractivity contribution in [3.63, 3.8) is 0 Å². The topological polar surface area (TPSA) is 34.1 Å². The predicted molar refractivity (Wildman–Crippen MR) is 170 cm³/mol. The molecule has 1 aliphatic rings. The molecule has 0 saturated heterocycles. The Hall–Kier alpha value is -1.04. The Balaban J connectivity index is 1.59. The molecule has 0 bridgehead atoms. The van der Waals surface area contributed by atoms with Gasteiger partial charge in [-0.3, -0.25) is 0 Å². The first-order valence-corrected chi connectivity index (χ1v) is 22.3. The first-order valence-electron chi connectivity index (χ1n) is 12.4. The maximum atomic E-state index is 13.6. The van der Waals surface area contributed by atoms with Crippen LogP contribution in [0, 0.1) is 0 Å². The third-order valence-electron chi connectivity index (χ3n) is 8.49. The molecule has 194 valence electrons. The van der Waals surface area contributed by atoms with Crippen molar-refractivity contribution in [3.05, 3.63) is 58.3 Å². The lowest BCUT2D eigenvalue weighted by molar-refractivity contribution is 0.615. The zero-order chi connectivity index (χ0) is 26.9. The zero-order valence-corrected chi connectivity index (χ0v) is 28.3. The van der Waals surface area contributed by atoms with Gasteiger partial charge in [0.2, 0.25) is 9.84 Å². The lowest BCUT2D eigenvalue weighted by Crippen LogP contribution is -2.47. The van der Waals surface area contributed by atoms with Crippen LogP contribution in [0.2, 0.25) is 36.3 Å². The fourth-order valence-corrected chi connectivity index (χ4v) is 15.6. The van der Waals surface area contributed by atoms with E-state index in [4.69, 9.17) is 0 Å². The molecule has 0 N–H and O–H groups in total. The van der Waals surface area contributed by atoms with Gasteiger partial charge >= 0.3 is 0 Å². The normalized spacial score (nSPS) is 16.8. The van der Waals surface area contributed by atoms with E-state index >= 15 is 0 Å². The monoisotopic (exact) mass is 590 g/mol. The third kappa shape index (κ3) is 4.67. The van der Waals surface area contributed by atoms with Crippen LogP contribution in [0.1, 0.15) is 51.3 Å². The number of allylic oxidation sites excluding steroid dienone is 2. The summed E-state index contributed by atoms with van der Waals surface area (Å²) in [5.74, 6) is 0. The van der Waals surface area contributed by atoms with Crippen molar-refractivity contribution in [2.75, 3.05) is 0 Å². The summed E-state index contributed by atoms with van der Waals surface area (Å²) < 4.78 is 30.1. The fourth-order valence-electron chi connectivity index (χ4n) is 3.83. The molecule has 0 aromatic carbocycles. The molecule has 0 fully saturated rings. The van der Waals surface area contributed by atoms with E-state index in [9.17, 15) is 8.42 Å². The second-order valence-electron chi connectivity index (χ2n) is 12.8. The molecular weight excluding hydrogens is 553 g/mol. The summed E-state index contributed by atoms with van der Waals surface area (Å²) in [7, 11) is -6.84. The highest BCUT2D eigenvalue weighted by Gasteiger charge is 2.40. The Morgan fingerprint density at radius 1 is 0.556 bits per heavy atom. The molecule has 4 rings (SSSR count). The third-order valence-corrected chi connectivity index (χ3v) is 27.7. The number of thiophene rings is 3. The molecule has 0 atom stereocenters. The van der Waals surface area contributed by atoms with Gasteiger partial charge < -0.3 is 0 Å². The molecule has 2 nitrogen and oxygen atoms in total. The number of rotatable bonds is 5. The van der Waals surface area contributed by atoms with Gasteiger partial charge in [0, 0.05) is 19.5 Å². The second-order valence-corrected chi connectivity index (χ2v) is 29.2. The Morgan fingerprint density at radius 2 is 0.889 bits per heavy atom. The van der Waals surface area contributed by atoms with Crippen LogP contribution in [0.5, 0.6) is 0 Å². The van der Waals surface area contributed by atoms with Crippen LogP contribution in [0.25, 0.3) is 19.6 Å². The molecule has 0 radical (unpaired) electrons. The Kier molecular flexibility index (Phi) is 7.01. The minimum absolute atomic E-state index is 0.209. The Morgan fingerprint density at radius 3 is 1.36 bits per heavy atom. The summed E-state index contributed by atoms with van der Waals surface area (Å²) in [5.41, 5.74) is 0. The van der Waals surface area contributed by atoms with E-state index < -0.39 is 26.0 Å². The van der Waals surface area contributed by atoms with Gasteiger partial charge in [-0.1, -0.05) is 79.9 Å². The largest absolute Gasteiger partial charge is 0.218 e. The summed E-state index contributed by atoms with van der Waals surface area (Å²) in [6.07, 6.45) is 3.59. The molecular formula is C28H38O2S4Si2. The molecule has 0 amide bonds. The van der Waals surface area contributed by atoms with Gasteiger partial charge in [0.1, 0.15) is 0 Å². The summed E-state index contributed by atoms with van der Waals surface area (Å²) in [6, 6.07) is 12.7. The van der Waals surface area contributed by atoms with Crippen LogP contribution >= 0.6 is 34.0 Å². The van der Waals surface area contributed by atoms with Crippen molar-refractivity contribution >= 4 is 78.8 Å². The molecule has 0 spiro atoms. The number of sulfone groups is 1. The first-order chi connectivity index (χ1) is 16.4. The van der Waals surface area contributed by atoms with E-state index in [0.717, 1.165) is 14.6 Å². The molecule has 0 aliphatic carbocycles. The highest BCUT2D eigenvalue weighted by atomic mass is 32.2. The SMILES string of the molecule is CC(C)(C)[Si](C)(C)c1ccc(C2=CC=C(c3ccc(-c4ccc([Si](C)(C)C(C)(C)C)s4)s3)S2(=O)=O)s1. The van der Waals surface area contributed by atoms with Crippen LogP contribution in [0.3, 0.4) is 0 Å². The van der Waals surface area contributed by atoms with Crippen LogP contribution < -0.4 is 9.00 Å². The molecule has 0 unspecified atom stereocenters. The van der Waals surface area contributed by atoms with Crippen LogP contribution in [0.15, 0.2) is 48.6 Å². The minimum atomic E-state index is -3.54. The van der Waals surface area contributed by atoms with Crippen LogP contribution in [0.4, 0.5) is 0 Å². The van der Waals surface area contributed by atoms with Gasteiger partial charge in [0.05, 0.1) is 26.0 Å². The summed E-state index contributed by atoms with van der Waals surface area (Å²) >= 11 is 5.12. The smallest absolute Gasteiger partial charge is 0.209 e. The lowest BCUT2D eigenvalue weighted by atomic mass is 10.2. The summed E-state index contributed by atoms with van der Waals surface area (Å²) in [6.45, 7) is 23.5. The van der Waals surface area contributed by atoms with Gasteiger partial charge in [-0.25, -0.2) is 8.42 Å². The summed E-state index contributed by atoms with van der Waals surface area (Å²) in [4.78, 5) is 4.92. The van der Waals surface area contributed by atoms with Crippen molar-refractivity contribution in [1.29, 1.82) is 0 Å². The van der Waals surface area contributed by atoms with E-state index in [2.05, 4.69) is 92.0 Å². The first kappa shape index (κ1) is 28.0. The standard InChI is InChI=1S/C28H38O2S4Si2/c1-27(2,3)35(7,8)25-17-13-20(32-25)19-11-12-21(31-19)23-15-16-24(34(23,29)30)22-14-18-26(33-22)36(9,10)28(4,5)6/h11-18H,1-10H3. The number of hydrogen-bond donors (Lipinski definition) is 0. The van der Waals surface area contributed by atoms with E-state index in [-0.39, 0.29) is 10.1 Å². The van der Waals surface area contributed by atoms with E-state index in [1.54, 1.807) is 34.8 Å². The fraction of sp³-hybridized carbons (Fsp3) is 0.429. The maximum absolute atomic E-state index is 13.6. The quantitative estimate of drug-likeness (QED) is 0.278. The molecule has 3 aromatic rings. The van der Waals surface area contributed by atoms with Crippen molar-refractivity contribution in [1.82, 2.24) is 0 Å². The van der Waals surface area contributed by atoms with Gasteiger partial charge in [-0.15, -0.1) is 34.0 Å². The minimum Gasteiger partial charge on any atom is -0.218 e. The van der Waals surface area contributed by atoms with Gasteiger partial charge in [-0.05, 0) is 55.5 Å². The molecule has 3 aromatic heterocycles.